The van der Waals surface area contributed by atoms with Crippen LogP contribution in [0.25, 0.3) is 10.9 Å². The predicted molar refractivity (Wildman–Crippen MR) is 93.4 cm³/mol. The molecule has 0 bridgehead atoms. The molecule has 1 N–H and O–H groups in total. The van der Waals surface area contributed by atoms with Gasteiger partial charge in [0.2, 0.25) is 0 Å². The van der Waals surface area contributed by atoms with Crippen molar-refractivity contribution in [1.29, 1.82) is 0 Å². The molecule has 0 aliphatic carbocycles. The number of rotatable bonds is 5. The minimum absolute atomic E-state index is 0.0337. The van der Waals surface area contributed by atoms with Gasteiger partial charge in [-0.15, -0.1) is 0 Å². The number of benzene rings is 2. The van der Waals surface area contributed by atoms with Gasteiger partial charge in [0.15, 0.2) is 17.7 Å². The van der Waals surface area contributed by atoms with Crippen molar-refractivity contribution < 1.29 is 18.7 Å². The minimum atomic E-state index is -0.870. The second-order valence-electron chi connectivity index (χ2n) is 5.39. The number of amides is 1. The molecule has 1 amide bonds. The second kappa shape index (κ2) is 7.17. The van der Waals surface area contributed by atoms with E-state index in [4.69, 9.17) is 9.47 Å². The molecule has 6 heteroatoms. The molecule has 0 saturated heterocycles. The van der Waals surface area contributed by atoms with Crippen LogP contribution in [0.3, 0.4) is 0 Å². The van der Waals surface area contributed by atoms with Gasteiger partial charge in [-0.3, -0.25) is 9.78 Å². The van der Waals surface area contributed by atoms with Gasteiger partial charge in [-0.05, 0) is 43.3 Å². The monoisotopic (exact) mass is 340 g/mol. The molecule has 1 atom stereocenters. The summed E-state index contributed by atoms with van der Waals surface area (Å²) in [7, 11) is 1.56. The molecule has 5 nitrogen and oxygen atoms in total. The highest BCUT2D eigenvalue weighted by Gasteiger charge is 2.18. The number of carbonyl (C=O) groups excluding carboxylic acids is 1. The van der Waals surface area contributed by atoms with Gasteiger partial charge >= 0.3 is 0 Å². The second-order valence-corrected chi connectivity index (χ2v) is 5.39. The third kappa shape index (κ3) is 3.52. The molecule has 0 aliphatic rings. The number of anilines is 1. The number of pyridine rings is 1. The summed E-state index contributed by atoms with van der Waals surface area (Å²) >= 11 is 0. The number of carbonyl (C=O) groups is 1. The lowest BCUT2D eigenvalue weighted by molar-refractivity contribution is -0.122. The first-order valence-corrected chi connectivity index (χ1v) is 7.74. The van der Waals surface area contributed by atoms with Gasteiger partial charge in [0.1, 0.15) is 11.3 Å². The third-order valence-electron chi connectivity index (χ3n) is 3.72. The Kier molecular flexibility index (Phi) is 4.79. The van der Waals surface area contributed by atoms with Crippen LogP contribution < -0.4 is 14.8 Å². The fraction of sp³-hybridized carbons (Fsp3) is 0.158. The Labute approximate surface area is 144 Å². The SMILES string of the molecule is COc1ccc(NC(=O)[C@H](C)Oc2ccccc2F)c2cccnc12. The van der Waals surface area contributed by atoms with Crippen LogP contribution in [0.1, 0.15) is 6.92 Å². The van der Waals surface area contributed by atoms with E-state index in [0.717, 1.165) is 5.39 Å². The topological polar surface area (TPSA) is 60.5 Å². The molecule has 1 aromatic heterocycles. The Balaban J connectivity index is 1.81. The van der Waals surface area contributed by atoms with Crippen LogP contribution in [-0.4, -0.2) is 24.1 Å². The van der Waals surface area contributed by atoms with E-state index in [1.807, 2.05) is 6.07 Å². The van der Waals surface area contributed by atoms with Gasteiger partial charge in [-0.2, -0.15) is 0 Å². The molecular formula is C19H17FN2O3. The van der Waals surface area contributed by atoms with E-state index in [1.54, 1.807) is 50.6 Å². The largest absolute Gasteiger partial charge is 0.494 e. The molecule has 0 saturated carbocycles. The van der Waals surface area contributed by atoms with Crippen molar-refractivity contribution >= 4 is 22.5 Å². The summed E-state index contributed by atoms with van der Waals surface area (Å²) < 4.78 is 24.3. The highest BCUT2D eigenvalue weighted by Crippen LogP contribution is 2.30. The van der Waals surface area contributed by atoms with Crippen LogP contribution in [0.15, 0.2) is 54.7 Å². The van der Waals surface area contributed by atoms with Gasteiger partial charge < -0.3 is 14.8 Å². The molecule has 0 spiro atoms. The number of halogens is 1. The molecule has 1 heterocycles. The highest BCUT2D eigenvalue weighted by molar-refractivity contribution is 6.04. The van der Waals surface area contributed by atoms with Crippen molar-refractivity contribution in [3.8, 4) is 11.5 Å². The Morgan fingerprint density at radius 3 is 2.68 bits per heavy atom. The molecule has 25 heavy (non-hydrogen) atoms. The van der Waals surface area contributed by atoms with E-state index in [1.165, 1.54) is 12.1 Å². The first-order valence-electron chi connectivity index (χ1n) is 7.74. The third-order valence-corrected chi connectivity index (χ3v) is 3.72. The average Bonchev–Trinajstić information content (AvgIpc) is 2.63. The van der Waals surface area contributed by atoms with Gasteiger partial charge in [-0.25, -0.2) is 4.39 Å². The molecule has 0 radical (unpaired) electrons. The Hall–Kier alpha value is -3.15. The average molecular weight is 340 g/mol. The van der Waals surface area contributed by atoms with E-state index in [0.29, 0.717) is 17.0 Å². The van der Waals surface area contributed by atoms with Crippen LogP contribution in [0, 0.1) is 5.82 Å². The van der Waals surface area contributed by atoms with Crippen LogP contribution >= 0.6 is 0 Å². The van der Waals surface area contributed by atoms with Crippen molar-refractivity contribution in [1.82, 2.24) is 4.98 Å². The minimum Gasteiger partial charge on any atom is -0.494 e. The summed E-state index contributed by atoms with van der Waals surface area (Å²) in [5.74, 6) is -0.254. The quantitative estimate of drug-likeness (QED) is 0.768. The summed E-state index contributed by atoms with van der Waals surface area (Å²) in [5, 5.41) is 3.54. The maximum atomic E-state index is 13.7. The van der Waals surface area contributed by atoms with Gasteiger partial charge in [-0.1, -0.05) is 12.1 Å². The van der Waals surface area contributed by atoms with Crippen molar-refractivity contribution in [3.05, 3.63) is 60.5 Å². The summed E-state index contributed by atoms with van der Waals surface area (Å²) in [4.78, 5) is 16.7. The Morgan fingerprint density at radius 1 is 1.12 bits per heavy atom. The van der Waals surface area contributed by atoms with Gasteiger partial charge in [0.05, 0.1) is 12.8 Å². The fourth-order valence-electron chi connectivity index (χ4n) is 2.44. The van der Waals surface area contributed by atoms with E-state index in [9.17, 15) is 9.18 Å². The number of para-hydroxylation sites is 1. The van der Waals surface area contributed by atoms with E-state index in [2.05, 4.69) is 10.3 Å². The molecule has 0 unspecified atom stereocenters. The van der Waals surface area contributed by atoms with Crippen molar-refractivity contribution in [2.45, 2.75) is 13.0 Å². The summed E-state index contributed by atoms with van der Waals surface area (Å²) in [6, 6.07) is 13.0. The number of nitrogens with zero attached hydrogens (tertiary/aromatic N) is 1. The summed E-state index contributed by atoms with van der Waals surface area (Å²) in [6.07, 6.45) is 0.783. The van der Waals surface area contributed by atoms with Gasteiger partial charge in [0.25, 0.3) is 5.91 Å². The van der Waals surface area contributed by atoms with Crippen LogP contribution in [0.5, 0.6) is 11.5 Å². The van der Waals surface area contributed by atoms with Crippen LogP contribution in [0.4, 0.5) is 10.1 Å². The molecule has 3 aromatic rings. The number of fused-ring (bicyclic) bond motifs is 1. The van der Waals surface area contributed by atoms with Crippen molar-refractivity contribution in [2.75, 3.05) is 12.4 Å². The first-order chi connectivity index (χ1) is 12.1. The van der Waals surface area contributed by atoms with E-state index in [-0.39, 0.29) is 5.75 Å². The standard InChI is InChI=1S/C19H17FN2O3/c1-12(25-16-8-4-3-7-14(16)20)19(23)22-15-9-10-17(24-2)18-13(15)6-5-11-21-18/h3-12H,1-2H3,(H,22,23)/t12-/m0/s1. The Morgan fingerprint density at radius 2 is 1.92 bits per heavy atom. The lowest BCUT2D eigenvalue weighted by atomic mass is 10.1. The van der Waals surface area contributed by atoms with Crippen molar-refractivity contribution in [2.24, 2.45) is 0 Å². The number of aromatic nitrogens is 1. The van der Waals surface area contributed by atoms with Crippen molar-refractivity contribution in [3.63, 3.8) is 0 Å². The maximum absolute atomic E-state index is 13.7. The number of methoxy groups -OCH3 is 1. The lowest BCUT2D eigenvalue weighted by Gasteiger charge is -2.16. The van der Waals surface area contributed by atoms with E-state index < -0.39 is 17.8 Å². The number of hydrogen-bond acceptors (Lipinski definition) is 4. The molecule has 3 rings (SSSR count). The Bertz CT molecular complexity index is 914. The number of ether oxygens (including phenoxy) is 2. The number of nitrogens with one attached hydrogen (secondary N) is 1. The lowest BCUT2D eigenvalue weighted by Crippen LogP contribution is -2.30. The zero-order valence-electron chi connectivity index (χ0n) is 13.8. The summed E-state index contributed by atoms with van der Waals surface area (Å²) in [5.41, 5.74) is 1.23. The van der Waals surface area contributed by atoms with Gasteiger partial charge in [0, 0.05) is 11.6 Å². The fourth-order valence-corrected chi connectivity index (χ4v) is 2.44. The van der Waals surface area contributed by atoms with Crippen LogP contribution in [-0.2, 0) is 4.79 Å². The maximum Gasteiger partial charge on any atom is 0.265 e. The normalized spacial score (nSPS) is 11.8. The smallest absolute Gasteiger partial charge is 0.265 e. The molecule has 2 aromatic carbocycles. The number of hydrogen-bond donors (Lipinski definition) is 1. The zero-order valence-corrected chi connectivity index (χ0v) is 13.8. The molecule has 0 aliphatic heterocycles. The van der Waals surface area contributed by atoms with E-state index >= 15 is 0 Å². The highest BCUT2D eigenvalue weighted by atomic mass is 19.1. The summed E-state index contributed by atoms with van der Waals surface area (Å²) in [6.45, 7) is 1.56. The zero-order chi connectivity index (χ0) is 17.8. The predicted octanol–water partition coefficient (Wildman–Crippen LogP) is 3.79. The molecule has 128 valence electrons. The first kappa shape index (κ1) is 16.7. The molecule has 0 fully saturated rings. The van der Waals surface area contributed by atoms with Crippen LogP contribution in [0.2, 0.25) is 0 Å². The molecular weight excluding hydrogens is 323 g/mol.